The highest BCUT2D eigenvalue weighted by Crippen LogP contribution is 2.10. The Balaban J connectivity index is 2.65. The van der Waals surface area contributed by atoms with E-state index in [9.17, 15) is 0 Å². The van der Waals surface area contributed by atoms with Crippen LogP contribution in [0.5, 0.6) is 0 Å². The normalized spacial score (nSPS) is 19.1. The first-order valence-corrected chi connectivity index (χ1v) is 2.80. The molecular weight excluding hydrogens is 112 g/mol. The first-order valence-electron chi connectivity index (χ1n) is 2.80. The molecule has 1 heterocycles. The maximum Gasteiger partial charge on any atom is 0.207 e. The summed E-state index contributed by atoms with van der Waals surface area (Å²) < 4.78 is 0. The number of allylic oxidation sites excluding steroid dienone is 1. The average Bonchev–Trinajstić information content (AvgIpc) is 1.80. The van der Waals surface area contributed by atoms with E-state index < -0.39 is 0 Å². The fourth-order valence-electron chi connectivity index (χ4n) is 0.644. The van der Waals surface area contributed by atoms with E-state index in [1.165, 1.54) is 0 Å². The first kappa shape index (κ1) is 6.20. The van der Waals surface area contributed by atoms with Gasteiger partial charge in [-0.15, -0.1) is 0 Å². The van der Waals surface area contributed by atoms with E-state index >= 15 is 0 Å². The van der Waals surface area contributed by atoms with Crippen molar-refractivity contribution in [3.63, 3.8) is 0 Å². The van der Waals surface area contributed by atoms with Gasteiger partial charge in [0.2, 0.25) is 6.67 Å². The first-order chi connectivity index (χ1) is 4.20. The highest BCUT2D eigenvalue weighted by molar-refractivity contribution is 5.17. The van der Waals surface area contributed by atoms with Gasteiger partial charge in [0, 0.05) is 26.0 Å². The second kappa shape index (κ2) is 2.13. The van der Waals surface area contributed by atoms with Crippen molar-refractivity contribution in [3.8, 4) is 0 Å². The Bertz CT molecular complexity index is 149. The Morgan fingerprint density at radius 1 is 1.56 bits per heavy atom. The minimum Gasteiger partial charge on any atom is -0.351 e. The summed E-state index contributed by atoms with van der Waals surface area (Å²) in [7, 11) is 3.85. The Kier molecular flexibility index (Phi) is 1.47. The molecule has 0 fully saturated rings. The Labute approximate surface area is 56.1 Å². The molecule has 0 unspecified atom stereocenters. The summed E-state index contributed by atoms with van der Waals surface area (Å²) >= 11 is 0. The second-order valence-corrected chi connectivity index (χ2v) is 2.08. The van der Waals surface area contributed by atoms with Crippen LogP contribution in [-0.2, 0) is 0 Å². The lowest BCUT2D eigenvalue weighted by atomic mass is 10.4. The van der Waals surface area contributed by atoms with Gasteiger partial charge in [-0.3, -0.25) is 0 Å². The van der Waals surface area contributed by atoms with E-state index in [1.807, 2.05) is 36.2 Å². The summed E-state index contributed by atoms with van der Waals surface area (Å²) in [5, 5.41) is 0. The van der Waals surface area contributed by atoms with Crippen molar-refractivity contribution in [2.24, 2.45) is 0 Å². The van der Waals surface area contributed by atoms with Crippen molar-refractivity contribution < 1.29 is 0 Å². The minimum atomic E-state index is 0.966. The summed E-state index contributed by atoms with van der Waals surface area (Å²) in [5.74, 6) is 0. The number of hydrogen-bond donors (Lipinski definition) is 0. The topological polar surface area (TPSA) is 6.48 Å². The molecule has 0 spiro atoms. The van der Waals surface area contributed by atoms with Gasteiger partial charge in [0.15, 0.2) is 0 Å². The molecule has 0 aromatic carbocycles. The van der Waals surface area contributed by atoms with E-state index in [-0.39, 0.29) is 0 Å². The van der Waals surface area contributed by atoms with Gasteiger partial charge in [-0.05, 0) is 6.08 Å². The molecule has 0 aromatic heterocycles. The van der Waals surface area contributed by atoms with Gasteiger partial charge in [-0.2, -0.15) is 0 Å². The minimum absolute atomic E-state index is 0.966. The summed E-state index contributed by atoms with van der Waals surface area (Å²) in [5.41, 5.74) is 0.966. The van der Waals surface area contributed by atoms with Gasteiger partial charge >= 0.3 is 0 Å². The monoisotopic (exact) mass is 122 g/mol. The van der Waals surface area contributed by atoms with Gasteiger partial charge in [0.05, 0.1) is 0 Å². The third-order valence-corrected chi connectivity index (χ3v) is 1.23. The number of hydrogen-bond acceptors (Lipinski definition) is 2. The van der Waals surface area contributed by atoms with Crippen LogP contribution >= 0.6 is 0 Å². The van der Waals surface area contributed by atoms with Crippen LogP contribution in [0.3, 0.4) is 0 Å². The van der Waals surface area contributed by atoms with E-state index in [1.54, 1.807) is 0 Å². The Morgan fingerprint density at radius 3 is 2.67 bits per heavy atom. The molecule has 48 valence electrons. The molecule has 0 saturated carbocycles. The zero-order valence-corrected chi connectivity index (χ0v) is 5.76. The molecule has 2 heteroatoms. The summed E-state index contributed by atoms with van der Waals surface area (Å²) in [4.78, 5) is 3.70. The molecular formula is C7H10N2. The molecule has 0 bridgehead atoms. The lowest BCUT2D eigenvalue weighted by molar-refractivity contribution is 0.350. The van der Waals surface area contributed by atoms with Crippen LogP contribution in [0.4, 0.5) is 0 Å². The van der Waals surface area contributed by atoms with Crippen molar-refractivity contribution in [3.05, 3.63) is 31.2 Å². The van der Waals surface area contributed by atoms with E-state index in [0.29, 0.717) is 0 Å². The lowest BCUT2D eigenvalue weighted by Gasteiger charge is -2.27. The molecule has 2 nitrogen and oxygen atoms in total. The molecule has 1 aliphatic rings. The highest BCUT2D eigenvalue weighted by Gasteiger charge is 2.07. The predicted molar refractivity (Wildman–Crippen MR) is 37.0 cm³/mol. The van der Waals surface area contributed by atoms with Crippen LogP contribution < -0.4 is 0 Å². The molecule has 0 N–H and O–H groups in total. The van der Waals surface area contributed by atoms with Gasteiger partial charge in [-0.25, -0.2) is 0 Å². The van der Waals surface area contributed by atoms with E-state index in [2.05, 4.69) is 13.2 Å². The average molecular weight is 122 g/mol. The van der Waals surface area contributed by atoms with Crippen LogP contribution in [0.25, 0.3) is 0 Å². The van der Waals surface area contributed by atoms with Crippen molar-refractivity contribution >= 4 is 0 Å². The van der Waals surface area contributed by atoms with Crippen LogP contribution in [0.15, 0.2) is 24.6 Å². The van der Waals surface area contributed by atoms with E-state index in [4.69, 9.17) is 0 Å². The smallest absolute Gasteiger partial charge is 0.207 e. The lowest BCUT2D eigenvalue weighted by Crippen LogP contribution is -2.26. The fraction of sp³-hybridized carbons (Fsp3) is 0.286. The van der Waals surface area contributed by atoms with Crippen LogP contribution in [0.2, 0.25) is 0 Å². The highest BCUT2D eigenvalue weighted by atomic mass is 15.3. The zero-order valence-electron chi connectivity index (χ0n) is 5.76. The molecule has 0 amide bonds. The fourth-order valence-corrected chi connectivity index (χ4v) is 0.644. The summed E-state index contributed by atoms with van der Waals surface area (Å²) in [6.45, 7) is 6.79. The van der Waals surface area contributed by atoms with Crippen molar-refractivity contribution in [2.45, 2.75) is 0 Å². The molecule has 0 atom stereocenters. The zero-order chi connectivity index (χ0) is 6.85. The van der Waals surface area contributed by atoms with Crippen molar-refractivity contribution in [1.82, 2.24) is 9.80 Å². The van der Waals surface area contributed by atoms with Gasteiger partial charge in [0.25, 0.3) is 0 Å². The SMILES string of the molecule is C=C1C=CN(C)[C]N1C. The van der Waals surface area contributed by atoms with Gasteiger partial charge < -0.3 is 9.80 Å². The van der Waals surface area contributed by atoms with Crippen molar-refractivity contribution in [1.29, 1.82) is 0 Å². The number of nitrogens with zero attached hydrogens (tertiary/aromatic N) is 2. The molecule has 0 saturated heterocycles. The quantitative estimate of drug-likeness (QED) is 0.470. The third kappa shape index (κ3) is 1.25. The standard InChI is InChI=1S/C7H10N2/c1-7-4-5-8(2)6-9(7)3/h4-5H,1H2,2-3H3. The molecule has 1 aliphatic heterocycles. The third-order valence-electron chi connectivity index (χ3n) is 1.23. The molecule has 2 radical (unpaired) electrons. The Morgan fingerprint density at radius 2 is 2.22 bits per heavy atom. The van der Waals surface area contributed by atoms with Crippen LogP contribution in [0.1, 0.15) is 0 Å². The molecule has 0 aliphatic carbocycles. The summed E-state index contributed by atoms with van der Waals surface area (Å²) in [6.07, 6.45) is 3.86. The van der Waals surface area contributed by atoms with Crippen molar-refractivity contribution in [2.75, 3.05) is 14.1 Å². The predicted octanol–water partition coefficient (Wildman–Crippen LogP) is 0.887. The molecule has 1 rings (SSSR count). The Hall–Kier alpha value is -0.920. The number of rotatable bonds is 0. The van der Waals surface area contributed by atoms with E-state index in [0.717, 1.165) is 5.70 Å². The van der Waals surface area contributed by atoms with Gasteiger partial charge in [-0.1, -0.05) is 6.58 Å². The van der Waals surface area contributed by atoms with Crippen LogP contribution in [0, 0.1) is 6.67 Å². The van der Waals surface area contributed by atoms with Gasteiger partial charge in [0.1, 0.15) is 0 Å². The summed E-state index contributed by atoms with van der Waals surface area (Å²) in [6, 6.07) is 0. The molecule has 9 heavy (non-hydrogen) atoms. The maximum atomic E-state index is 3.78. The van der Waals surface area contributed by atoms with Crippen LogP contribution in [-0.4, -0.2) is 23.9 Å². The number of likely N-dealkylation sites (N-methyl/N-ethyl adjacent to an activating group) is 1. The molecule has 0 aromatic rings. The largest absolute Gasteiger partial charge is 0.351 e. The second-order valence-electron chi connectivity index (χ2n) is 2.08. The maximum absolute atomic E-state index is 3.78.